The van der Waals surface area contributed by atoms with Crippen molar-refractivity contribution in [2.24, 2.45) is 0 Å². The lowest BCUT2D eigenvalue weighted by molar-refractivity contribution is -0.134. The van der Waals surface area contributed by atoms with Crippen LogP contribution in [0.4, 0.5) is 0 Å². The zero-order valence-electron chi connectivity index (χ0n) is 20.9. The molecule has 0 radical (unpaired) electrons. The lowest BCUT2D eigenvalue weighted by Crippen LogP contribution is -2.02. The molecule has 1 aromatic heterocycles. The average molecular weight is 503 g/mol. The molecular formula is C29H26O8. The van der Waals surface area contributed by atoms with Crippen LogP contribution in [0.25, 0.3) is 28.4 Å². The molecule has 0 saturated carbocycles. The minimum absolute atomic E-state index is 0.212. The molecule has 0 atom stereocenters. The van der Waals surface area contributed by atoms with E-state index in [1.165, 1.54) is 34.5 Å². The maximum Gasteiger partial charge on any atom is 0.342 e. The Kier molecular flexibility index (Phi) is 7.78. The maximum absolute atomic E-state index is 12.9. The molecule has 0 N–H and O–H groups in total. The van der Waals surface area contributed by atoms with Gasteiger partial charge in [0.05, 0.1) is 28.4 Å². The molecule has 37 heavy (non-hydrogen) atoms. The Labute approximate surface area is 214 Å². The minimum Gasteiger partial charge on any atom is -0.493 e. The van der Waals surface area contributed by atoms with Crippen molar-refractivity contribution in [1.29, 1.82) is 0 Å². The first-order chi connectivity index (χ1) is 18.0. The molecule has 0 unspecified atom stereocenters. The van der Waals surface area contributed by atoms with E-state index in [0.717, 1.165) is 5.56 Å². The van der Waals surface area contributed by atoms with Gasteiger partial charge in [0.1, 0.15) is 17.9 Å². The molecule has 3 aromatic carbocycles. The molecule has 0 fully saturated rings. The number of hydrogen-bond donors (Lipinski definition) is 0. The number of ether oxygens (including phenoxy) is 5. The molecule has 4 rings (SSSR count). The van der Waals surface area contributed by atoms with Crippen molar-refractivity contribution in [3.63, 3.8) is 0 Å². The summed E-state index contributed by atoms with van der Waals surface area (Å²) in [5, 5.41) is 0.467. The molecule has 0 saturated heterocycles. The van der Waals surface area contributed by atoms with Crippen molar-refractivity contribution in [1.82, 2.24) is 0 Å². The van der Waals surface area contributed by atoms with E-state index >= 15 is 0 Å². The summed E-state index contributed by atoms with van der Waals surface area (Å²) in [6, 6.07) is 18.4. The van der Waals surface area contributed by atoms with Crippen LogP contribution in [0.3, 0.4) is 0 Å². The fraction of sp³-hybridized carbons (Fsp3) is 0.172. The Balaban J connectivity index is 1.80. The van der Waals surface area contributed by atoms with E-state index in [1.54, 1.807) is 36.4 Å². The van der Waals surface area contributed by atoms with E-state index in [-0.39, 0.29) is 11.3 Å². The Bertz CT molecular complexity index is 1450. The number of carbonyl (C=O) groups is 2. The van der Waals surface area contributed by atoms with Gasteiger partial charge in [-0.15, -0.1) is 0 Å². The second kappa shape index (κ2) is 11.3. The third kappa shape index (κ3) is 5.43. The van der Waals surface area contributed by atoms with Crippen molar-refractivity contribution in [3.05, 3.63) is 83.4 Å². The van der Waals surface area contributed by atoms with Crippen molar-refractivity contribution >= 4 is 29.0 Å². The third-order valence-electron chi connectivity index (χ3n) is 5.66. The van der Waals surface area contributed by atoms with Gasteiger partial charge < -0.3 is 28.1 Å². The number of methoxy groups -OCH3 is 4. The van der Waals surface area contributed by atoms with Crippen LogP contribution in [0.15, 0.2) is 71.2 Å². The number of fused-ring (bicyclic) bond motifs is 1. The van der Waals surface area contributed by atoms with Crippen LogP contribution in [0.5, 0.6) is 17.2 Å². The number of rotatable bonds is 9. The highest BCUT2D eigenvalue weighted by Gasteiger charge is 2.26. The van der Waals surface area contributed by atoms with Crippen molar-refractivity contribution in [3.8, 4) is 28.6 Å². The Morgan fingerprint density at radius 2 is 1.59 bits per heavy atom. The summed E-state index contributed by atoms with van der Waals surface area (Å²) in [4.78, 5) is 24.5. The predicted octanol–water partition coefficient (Wildman–Crippen LogP) is 5.67. The van der Waals surface area contributed by atoms with Crippen molar-refractivity contribution < 1.29 is 37.7 Å². The monoisotopic (exact) mass is 502 g/mol. The molecule has 8 nitrogen and oxygen atoms in total. The molecule has 0 bridgehead atoms. The molecule has 1 heterocycles. The second-order valence-electron chi connectivity index (χ2n) is 7.89. The lowest BCUT2D eigenvalue weighted by Gasteiger charge is -2.12. The first-order valence-corrected chi connectivity index (χ1v) is 11.3. The molecule has 0 spiro atoms. The van der Waals surface area contributed by atoms with E-state index in [1.807, 2.05) is 30.3 Å². The second-order valence-corrected chi connectivity index (χ2v) is 7.89. The molecule has 190 valence electrons. The minimum atomic E-state index is -0.590. The number of furan rings is 1. The van der Waals surface area contributed by atoms with E-state index in [0.29, 0.717) is 46.0 Å². The molecule has 0 aliphatic rings. The van der Waals surface area contributed by atoms with Crippen LogP contribution >= 0.6 is 0 Å². The summed E-state index contributed by atoms with van der Waals surface area (Å²) in [7, 11) is 5.62. The summed E-state index contributed by atoms with van der Waals surface area (Å²) < 4.78 is 32.9. The summed E-state index contributed by atoms with van der Waals surface area (Å²) in [5.41, 5.74) is 2.77. The smallest absolute Gasteiger partial charge is 0.342 e. The van der Waals surface area contributed by atoms with E-state index in [9.17, 15) is 9.59 Å². The van der Waals surface area contributed by atoms with Crippen molar-refractivity contribution in [2.45, 2.75) is 6.61 Å². The topological polar surface area (TPSA) is 93.4 Å². The van der Waals surface area contributed by atoms with Crippen LogP contribution < -0.4 is 14.2 Å². The van der Waals surface area contributed by atoms with Gasteiger partial charge in [-0.05, 0) is 47.5 Å². The molecule has 0 aliphatic carbocycles. The molecule has 0 aliphatic heterocycles. The van der Waals surface area contributed by atoms with Gasteiger partial charge in [0, 0.05) is 17.0 Å². The zero-order valence-corrected chi connectivity index (χ0v) is 20.9. The van der Waals surface area contributed by atoms with Gasteiger partial charge >= 0.3 is 11.9 Å². The summed E-state index contributed by atoms with van der Waals surface area (Å²) in [5.74, 6) is 0.572. The maximum atomic E-state index is 12.9. The van der Waals surface area contributed by atoms with Gasteiger partial charge in [-0.2, -0.15) is 0 Å². The lowest BCUT2D eigenvalue weighted by atomic mass is 10.0. The number of esters is 2. The molecule has 4 aromatic rings. The Morgan fingerprint density at radius 3 is 2.27 bits per heavy atom. The molecule has 0 amide bonds. The van der Waals surface area contributed by atoms with Crippen LogP contribution in [-0.4, -0.2) is 40.4 Å². The number of hydrogen-bond acceptors (Lipinski definition) is 8. The summed E-state index contributed by atoms with van der Waals surface area (Å²) in [6.45, 7) is 0.369. The number of benzene rings is 3. The first-order valence-electron chi connectivity index (χ1n) is 11.3. The van der Waals surface area contributed by atoms with E-state index in [4.69, 9.17) is 23.4 Å². The van der Waals surface area contributed by atoms with Crippen LogP contribution in [0, 0.1) is 0 Å². The standard InChI is InChI=1S/C29H26O8/c1-32-23-16-20(11-12-22(23)36-17-18-8-6-5-7-9-18)27-26(29(31)35-4)21-14-19(10-13-25(30)34-3)15-24(33-2)28(21)37-27/h5-16H,17H2,1-4H3. The first kappa shape index (κ1) is 25.4. The largest absolute Gasteiger partial charge is 0.493 e. The highest BCUT2D eigenvalue weighted by atomic mass is 16.5. The molecule has 8 heteroatoms. The number of carbonyl (C=O) groups excluding carboxylic acids is 2. The van der Waals surface area contributed by atoms with Gasteiger partial charge in [-0.1, -0.05) is 30.3 Å². The fourth-order valence-corrected chi connectivity index (χ4v) is 3.84. The average Bonchev–Trinajstić information content (AvgIpc) is 3.33. The van der Waals surface area contributed by atoms with Gasteiger partial charge in [0.2, 0.25) is 0 Å². The SMILES string of the molecule is COC(=O)C=Cc1cc(OC)c2oc(-c3ccc(OCc4ccccc4)c(OC)c3)c(C(=O)OC)c2c1. The normalized spacial score (nSPS) is 10.9. The van der Waals surface area contributed by atoms with Gasteiger partial charge in [0.25, 0.3) is 0 Å². The van der Waals surface area contributed by atoms with E-state index in [2.05, 4.69) is 4.74 Å². The van der Waals surface area contributed by atoms with E-state index < -0.39 is 11.9 Å². The summed E-state index contributed by atoms with van der Waals surface area (Å²) >= 11 is 0. The Morgan fingerprint density at radius 1 is 0.838 bits per heavy atom. The fourth-order valence-electron chi connectivity index (χ4n) is 3.84. The third-order valence-corrected chi connectivity index (χ3v) is 5.66. The van der Waals surface area contributed by atoms with Crippen LogP contribution in [-0.2, 0) is 20.9 Å². The highest BCUT2D eigenvalue weighted by Crippen LogP contribution is 2.42. The summed E-state index contributed by atoms with van der Waals surface area (Å²) in [6.07, 6.45) is 2.84. The Hall–Kier alpha value is -4.72. The quantitative estimate of drug-likeness (QED) is 0.214. The van der Waals surface area contributed by atoms with Gasteiger partial charge in [-0.3, -0.25) is 0 Å². The van der Waals surface area contributed by atoms with Crippen LogP contribution in [0.1, 0.15) is 21.5 Å². The van der Waals surface area contributed by atoms with Gasteiger partial charge in [0.15, 0.2) is 22.8 Å². The predicted molar refractivity (Wildman–Crippen MR) is 138 cm³/mol. The van der Waals surface area contributed by atoms with Crippen LogP contribution in [0.2, 0.25) is 0 Å². The van der Waals surface area contributed by atoms with Crippen molar-refractivity contribution in [2.75, 3.05) is 28.4 Å². The molecular weight excluding hydrogens is 476 g/mol. The zero-order chi connectivity index (χ0) is 26.4. The van der Waals surface area contributed by atoms with Gasteiger partial charge in [-0.25, -0.2) is 9.59 Å². The highest BCUT2D eigenvalue weighted by molar-refractivity contribution is 6.10.